The van der Waals surface area contributed by atoms with Gasteiger partial charge in [0.1, 0.15) is 0 Å². The zero-order valence-electron chi connectivity index (χ0n) is 3.64. The third-order valence-electron chi connectivity index (χ3n) is 0.625. The van der Waals surface area contributed by atoms with E-state index < -0.39 is 0 Å². The van der Waals surface area contributed by atoms with Gasteiger partial charge in [-0.15, -0.1) is 5.48 Å². The van der Waals surface area contributed by atoms with Crippen molar-refractivity contribution >= 4 is 6.34 Å². The number of hydrogen-bond donors (Lipinski definition) is 1. The minimum Gasteiger partial charge on any atom is -0.241 e. The van der Waals surface area contributed by atoms with E-state index in [1.54, 1.807) is 6.34 Å². The molecule has 0 aromatic rings. The summed E-state index contributed by atoms with van der Waals surface area (Å²) in [6, 6.07) is 0. The fourth-order valence-electron chi connectivity index (χ4n) is 0.304. The standard InChI is InChI=1S/C3H6N2O/c1-5-2-4-6-3-5/h2H,3H2,1H3/p+1. The van der Waals surface area contributed by atoms with E-state index in [1.807, 2.05) is 11.6 Å². The third kappa shape index (κ3) is 0.490. The Morgan fingerprint density at radius 1 is 2.00 bits per heavy atom. The van der Waals surface area contributed by atoms with E-state index in [0.717, 1.165) is 0 Å². The van der Waals surface area contributed by atoms with Crippen molar-refractivity contribution in [3.05, 3.63) is 0 Å². The summed E-state index contributed by atoms with van der Waals surface area (Å²) in [4.78, 5) is 4.68. The average Bonchev–Trinajstić information content (AvgIpc) is 1.86. The molecule has 0 amide bonds. The van der Waals surface area contributed by atoms with Gasteiger partial charge in [-0.05, 0) is 0 Å². The zero-order chi connectivity index (χ0) is 4.41. The maximum atomic E-state index is 4.68. The van der Waals surface area contributed by atoms with E-state index in [9.17, 15) is 0 Å². The fourth-order valence-corrected chi connectivity index (χ4v) is 0.304. The lowest BCUT2D eigenvalue weighted by Gasteiger charge is -1.78. The van der Waals surface area contributed by atoms with Crippen molar-refractivity contribution < 1.29 is 9.41 Å². The lowest BCUT2D eigenvalue weighted by atomic mass is 11.0. The molecule has 0 saturated heterocycles. The summed E-state index contributed by atoms with van der Waals surface area (Å²) >= 11 is 0. The van der Waals surface area contributed by atoms with Gasteiger partial charge < -0.3 is 0 Å². The van der Waals surface area contributed by atoms with Crippen molar-refractivity contribution in [2.24, 2.45) is 0 Å². The van der Waals surface area contributed by atoms with E-state index in [-0.39, 0.29) is 0 Å². The quantitative estimate of drug-likeness (QED) is 0.389. The second-order valence-electron chi connectivity index (χ2n) is 1.28. The van der Waals surface area contributed by atoms with Crippen molar-refractivity contribution in [2.75, 3.05) is 13.8 Å². The second kappa shape index (κ2) is 1.26. The van der Waals surface area contributed by atoms with Crippen LogP contribution in [0.15, 0.2) is 0 Å². The summed E-state index contributed by atoms with van der Waals surface area (Å²) in [6.07, 6.45) is 1.76. The number of nitrogens with zero attached hydrogens (tertiary/aromatic N) is 1. The first-order valence-corrected chi connectivity index (χ1v) is 1.80. The van der Waals surface area contributed by atoms with Gasteiger partial charge in [0.2, 0.25) is 6.73 Å². The van der Waals surface area contributed by atoms with Crippen LogP contribution in [-0.4, -0.2) is 24.7 Å². The zero-order valence-corrected chi connectivity index (χ0v) is 3.64. The molecule has 1 rings (SSSR count). The molecule has 6 heavy (non-hydrogen) atoms. The summed E-state index contributed by atoms with van der Waals surface area (Å²) in [6.45, 7) is 0.653. The van der Waals surface area contributed by atoms with Gasteiger partial charge >= 0.3 is 0 Å². The molecule has 1 heterocycles. The monoisotopic (exact) mass is 87.1 g/mol. The first-order chi connectivity index (χ1) is 2.89. The van der Waals surface area contributed by atoms with E-state index >= 15 is 0 Å². The van der Waals surface area contributed by atoms with Crippen LogP contribution in [0.5, 0.6) is 0 Å². The number of hydrogen-bond acceptors (Lipinski definition) is 2. The molecule has 0 aliphatic carbocycles. The van der Waals surface area contributed by atoms with Gasteiger partial charge in [0.05, 0.1) is 7.05 Å². The van der Waals surface area contributed by atoms with E-state index in [0.29, 0.717) is 6.73 Å². The van der Waals surface area contributed by atoms with Gasteiger partial charge in [-0.25, -0.2) is 4.58 Å². The Labute approximate surface area is 36.2 Å². The molecule has 0 fully saturated rings. The molecule has 0 unspecified atom stereocenters. The summed E-state index contributed by atoms with van der Waals surface area (Å²) in [7, 11) is 1.93. The van der Waals surface area contributed by atoms with Gasteiger partial charge in [0.25, 0.3) is 6.34 Å². The summed E-state index contributed by atoms with van der Waals surface area (Å²) in [5.41, 5.74) is 2.57. The van der Waals surface area contributed by atoms with Crippen molar-refractivity contribution in [3.63, 3.8) is 0 Å². The predicted octanol–water partition coefficient (Wildman–Crippen LogP) is -0.851. The summed E-state index contributed by atoms with van der Waals surface area (Å²) in [5, 5.41) is 0. The highest BCUT2D eigenvalue weighted by molar-refractivity contribution is 5.46. The van der Waals surface area contributed by atoms with Gasteiger partial charge in [-0.2, -0.15) is 4.84 Å². The van der Waals surface area contributed by atoms with Crippen molar-refractivity contribution in [3.8, 4) is 0 Å². The van der Waals surface area contributed by atoms with Gasteiger partial charge in [0, 0.05) is 0 Å². The van der Waals surface area contributed by atoms with Gasteiger partial charge in [0.15, 0.2) is 0 Å². The Balaban J connectivity index is 2.45. The number of hydroxylamine groups is 1. The van der Waals surface area contributed by atoms with Crippen molar-refractivity contribution in [1.82, 2.24) is 5.48 Å². The molecular formula is C3H7N2O+. The molecular weight excluding hydrogens is 80.0 g/mol. The van der Waals surface area contributed by atoms with E-state index in [1.165, 1.54) is 0 Å². The van der Waals surface area contributed by atoms with Crippen molar-refractivity contribution in [2.45, 2.75) is 0 Å². The minimum absolute atomic E-state index is 0.653. The molecule has 0 radical (unpaired) electrons. The Kier molecular flexibility index (Phi) is 0.759. The Morgan fingerprint density at radius 3 is 3.00 bits per heavy atom. The van der Waals surface area contributed by atoms with Crippen LogP contribution >= 0.6 is 0 Å². The first kappa shape index (κ1) is 3.61. The highest BCUT2D eigenvalue weighted by Crippen LogP contribution is 1.71. The molecule has 0 saturated carbocycles. The van der Waals surface area contributed by atoms with Gasteiger partial charge in [-0.1, -0.05) is 0 Å². The Bertz CT molecular complexity index is 78.9. The van der Waals surface area contributed by atoms with Crippen LogP contribution in [0.25, 0.3) is 0 Å². The maximum Gasteiger partial charge on any atom is 0.264 e. The average molecular weight is 87.1 g/mol. The maximum absolute atomic E-state index is 4.68. The highest BCUT2D eigenvalue weighted by atomic mass is 16.7. The van der Waals surface area contributed by atoms with E-state index in [4.69, 9.17) is 0 Å². The van der Waals surface area contributed by atoms with Crippen LogP contribution in [0.2, 0.25) is 0 Å². The first-order valence-electron chi connectivity index (χ1n) is 1.80. The van der Waals surface area contributed by atoms with Crippen LogP contribution in [0.3, 0.4) is 0 Å². The molecule has 0 spiro atoms. The molecule has 3 nitrogen and oxygen atoms in total. The lowest BCUT2D eigenvalue weighted by molar-refractivity contribution is -0.519. The van der Waals surface area contributed by atoms with Crippen LogP contribution in [0, 0.1) is 0 Å². The third-order valence-corrected chi connectivity index (χ3v) is 0.625. The molecule has 0 atom stereocenters. The smallest absolute Gasteiger partial charge is 0.241 e. The molecule has 3 heteroatoms. The largest absolute Gasteiger partial charge is 0.264 e. The molecule has 1 aliphatic rings. The highest BCUT2D eigenvalue weighted by Gasteiger charge is 1.99. The Morgan fingerprint density at radius 2 is 2.83 bits per heavy atom. The predicted molar refractivity (Wildman–Crippen MR) is 21.3 cm³/mol. The van der Waals surface area contributed by atoms with Crippen LogP contribution < -0.4 is 5.48 Å². The lowest BCUT2D eigenvalue weighted by Crippen LogP contribution is -2.01. The molecule has 1 aliphatic heterocycles. The van der Waals surface area contributed by atoms with Crippen LogP contribution in [0.4, 0.5) is 0 Å². The molecule has 34 valence electrons. The van der Waals surface area contributed by atoms with Gasteiger partial charge in [-0.3, -0.25) is 0 Å². The molecule has 1 N–H and O–H groups in total. The summed E-state index contributed by atoms with van der Waals surface area (Å²) in [5.74, 6) is 0. The van der Waals surface area contributed by atoms with E-state index in [2.05, 4.69) is 10.3 Å². The van der Waals surface area contributed by atoms with Crippen LogP contribution in [-0.2, 0) is 4.84 Å². The topological polar surface area (TPSA) is 24.3 Å². The van der Waals surface area contributed by atoms with Crippen LogP contribution in [0.1, 0.15) is 0 Å². The molecule has 0 aromatic heterocycles. The fraction of sp³-hybridized carbons (Fsp3) is 0.667. The Hall–Kier alpha value is -0.570. The molecule has 0 bridgehead atoms. The normalized spacial score (nSPS) is 19.8. The number of nitrogens with one attached hydrogen (secondary N) is 1. The van der Waals surface area contributed by atoms with Crippen molar-refractivity contribution in [1.29, 1.82) is 0 Å². The SMILES string of the molecule is C[N+]1=CNOC1. The summed E-state index contributed by atoms with van der Waals surface area (Å²) < 4.78 is 1.90. The minimum atomic E-state index is 0.653. The second-order valence-corrected chi connectivity index (χ2v) is 1.28. The number of rotatable bonds is 0. The molecule has 0 aromatic carbocycles.